The van der Waals surface area contributed by atoms with E-state index in [1.54, 1.807) is 0 Å². The van der Waals surface area contributed by atoms with E-state index in [2.05, 4.69) is 22.4 Å². The molecule has 2 rings (SSSR count). The monoisotopic (exact) mass is 177 g/mol. The molecule has 0 aliphatic carbocycles. The topological polar surface area (TPSA) is 29.5 Å². The molecule has 0 unspecified atom stereocenters. The van der Waals surface area contributed by atoms with Gasteiger partial charge < -0.3 is 5.32 Å². The Hall–Kier alpha value is -0.890. The number of hydrogen-bond donors (Lipinski definition) is 1. The van der Waals surface area contributed by atoms with Crippen molar-refractivity contribution < 1.29 is 5.32 Å². The second kappa shape index (κ2) is 4.38. The summed E-state index contributed by atoms with van der Waals surface area (Å²) in [6.45, 7) is 1.32. The van der Waals surface area contributed by atoms with E-state index in [0.717, 1.165) is 6.04 Å². The molecule has 13 heavy (non-hydrogen) atoms. The van der Waals surface area contributed by atoms with Gasteiger partial charge in [0.1, 0.15) is 0 Å². The fourth-order valence-corrected chi connectivity index (χ4v) is 2.03. The van der Waals surface area contributed by atoms with Crippen LogP contribution < -0.4 is 5.32 Å². The Kier molecular flexibility index (Phi) is 2.93. The highest BCUT2D eigenvalue weighted by Gasteiger charge is 2.15. The Morgan fingerprint density at radius 1 is 1.31 bits per heavy atom. The molecule has 1 aromatic rings. The standard InChI is InChI=1S/C11H16N2/c1-2-6-13-11(3-1)9-10-4-7-12-8-5-10/h4-5,7-8,11,13H,1-3,6,9H2/p+1/t11-/m1/s1. The van der Waals surface area contributed by atoms with Crippen LogP contribution in [0.1, 0.15) is 24.8 Å². The molecule has 2 heterocycles. The molecular formula is C11H17N2+. The Bertz CT molecular complexity index is 240. The molecule has 1 atom stereocenters. The maximum Gasteiger partial charge on any atom is 0.0900 e. The first-order chi connectivity index (χ1) is 6.45. The van der Waals surface area contributed by atoms with Gasteiger partial charge in [0.25, 0.3) is 0 Å². The fraction of sp³-hybridized carbons (Fsp3) is 0.545. The van der Waals surface area contributed by atoms with Crippen LogP contribution in [-0.2, 0) is 6.42 Å². The molecule has 1 aliphatic rings. The summed E-state index contributed by atoms with van der Waals surface area (Å²) in [4.78, 5) is 4.03. The summed E-state index contributed by atoms with van der Waals surface area (Å²) in [7, 11) is 0. The van der Waals surface area contributed by atoms with Crippen LogP contribution in [0.5, 0.6) is 0 Å². The predicted octanol–water partition coefficient (Wildman–Crippen LogP) is 0.740. The molecule has 1 aromatic heterocycles. The van der Waals surface area contributed by atoms with Crippen LogP contribution in [0, 0.1) is 0 Å². The number of pyridine rings is 1. The number of hydrogen-bond acceptors (Lipinski definition) is 1. The normalized spacial score (nSPS) is 22.9. The van der Waals surface area contributed by atoms with E-state index in [0.29, 0.717) is 0 Å². The minimum atomic E-state index is 0.816. The van der Waals surface area contributed by atoms with Crippen molar-refractivity contribution in [3.05, 3.63) is 30.1 Å². The van der Waals surface area contributed by atoms with Crippen molar-refractivity contribution in [3.63, 3.8) is 0 Å². The van der Waals surface area contributed by atoms with Gasteiger partial charge in [-0.1, -0.05) is 0 Å². The lowest BCUT2D eigenvalue weighted by molar-refractivity contribution is -0.697. The van der Waals surface area contributed by atoms with Gasteiger partial charge in [-0.2, -0.15) is 0 Å². The maximum atomic E-state index is 4.03. The average Bonchev–Trinajstić information content (AvgIpc) is 2.21. The third-order valence-corrected chi connectivity index (χ3v) is 2.78. The van der Waals surface area contributed by atoms with Gasteiger partial charge in [-0.25, -0.2) is 0 Å². The highest BCUT2D eigenvalue weighted by atomic mass is 14.9. The molecule has 0 bridgehead atoms. The van der Waals surface area contributed by atoms with Gasteiger partial charge in [0, 0.05) is 18.8 Å². The first-order valence-corrected chi connectivity index (χ1v) is 5.17. The van der Waals surface area contributed by atoms with Crippen molar-refractivity contribution >= 4 is 0 Å². The van der Waals surface area contributed by atoms with Gasteiger partial charge in [-0.15, -0.1) is 0 Å². The first-order valence-electron chi connectivity index (χ1n) is 5.17. The zero-order chi connectivity index (χ0) is 8.93. The number of aromatic nitrogens is 1. The molecule has 2 nitrogen and oxygen atoms in total. The van der Waals surface area contributed by atoms with Gasteiger partial charge in [-0.3, -0.25) is 4.98 Å². The molecule has 0 saturated carbocycles. The van der Waals surface area contributed by atoms with Crippen LogP contribution in [0.3, 0.4) is 0 Å². The first kappa shape index (κ1) is 8.70. The maximum absolute atomic E-state index is 4.03. The van der Waals surface area contributed by atoms with E-state index in [1.807, 2.05) is 12.4 Å². The van der Waals surface area contributed by atoms with Gasteiger partial charge in [0.05, 0.1) is 12.6 Å². The van der Waals surface area contributed by atoms with Gasteiger partial charge in [-0.05, 0) is 37.0 Å². The molecule has 70 valence electrons. The summed E-state index contributed by atoms with van der Waals surface area (Å²) in [6, 6.07) is 5.07. The number of nitrogens with two attached hydrogens (primary N) is 1. The van der Waals surface area contributed by atoms with E-state index in [1.165, 1.54) is 37.8 Å². The van der Waals surface area contributed by atoms with Crippen molar-refractivity contribution in [2.45, 2.75) is 31.7 Å². The zero-order valence-corrected chi connectivity index (χ0v) is 7.95. The molecule has 2 N–H and O–H groups in total. The Morgan fingerprint density at radius 2 is 2.15 bits per heavy atom. The molecule has 2 heteroatoms. The molecule has 1 aliphatic heterocycles. The summed E-state index contributed by atoms with van der Waals surface area (Å²) in [5.74, 6) is 0. The van der Waals surface area contributed by atoms with Crippen molar-refractivity contribution in [3.8, 4) is 0 Å². The van der Waals surface area contributed by atoms with E-state index >= 15 is 0 Å². The number of piperidine rings is 1. The van der Waals surface area contributed by atoms with Gasteiger partial charge in [0.15, 0.2) is 0 Å². The summed E-state index contributed by atoms with van der Waals surface area (Å²) >= 11 is 0. The van der Waals surface area contributed by atoms with Crippen LogP contribution in [0.15, 0.2) is 24.5 Å². The number of quaternary nitrogens is 1. The Labute approximate surface area is 79.4 Å². The Morgan fingerprint density at radius 3 is 2.85 bits per heavy atom. The number of rotatable bonds is 2. The zero-order valence-electron chi connectivity index (χ0n) is 7.95. The molecular weight excluding hydrogens is 160 g/mol. The van der Waals surface area contributed by atoms with Crippen LogP contribution in [-0.4, -0.2) is 17.6 Å². The highest BCUT2D eigenvalue weighted by molar-refractivity contribution is 5.10. The van der Waals surface area contributed by atoms with E-state index < -0.39 is 0 Å². The minimum Gasteiger partial charge on any atom is -0.344 e. The van der Waals surface area contributed by atoms with Crippen LogP contribution in [0.2, 0.25) is 0 Å². The van der Waals surface area contributed by atoms with Crippen molar-refractivity contribution in [1.82, 2.24) is 4.98 Å². The lowest BCUT2D eigenvalue weighted by Gasteiger charge is -2.19. The molecule has 0 aromatic carbocycles. The predicted molar refractivity (Wildman–Crippen MR) is 52.4 cm³/mol. The lowest BCUT2D eigenvalue weighted by Crippen LogP contribution is -2.91. The smallest absolute Gasteiger partial charge is 0.0900 e. The molecule has 1 fully saturated rings. The van der Waals surface area contributed by atoms with Crippen LogP contribution in [0.25, 0.3) is 0 Å². The lowest BCUT2D eigenvalue weighted by atomic mass is 9.98. The van der Waals surface area contributed by atoms with E-state index in [4.69, 9.17) is 0 Å². The second-order valence-corrected chi connectivity index (χ2v) is 3.84. The van der Waals surface area contributed by atoms with Crippen LogP contribution >= 0.6 is 0 Å². The van der Waals surface area contributed by atoms with Gasteiger partial charge >= 0.3 is 0 Å². The summed E-state index contributed by atoms with van der Waals surface area (Å²) in [5.41, 5.74) is 1.43. The van der Waals surface area contributed by atoms with Crippen molar-refractivity contribution in [2.75, 3.05) is 6.54 Å². The van der Waals surface area contributed by atoms with Crippen molar-refractivity contribution in [2.24, 2.45) is 0 Å². The number of nitrogens with zero attached hydrogens (tertiary/aromatic N) is 1. The largest absolute Gasteiger partial charge is 0.344 e. The molecule has 0 amide bonds. The third kappa shape index (κ3) is 2.52. The molecule has 1 saturated heterocycles. The van der Waals surface area contributed by atoms with E-state index in [-0.39, 0.29) is 0 Å². The Balaban J connectivity index is 1.90. The SMILES string of the molecule is c1cc(C[C@H]2CCCC[NH2+]2)ccn1. The summed E-state index contributed by atoms with van der Waals surface area (Å²) in [5, 5.41) is 2.49. The summed E-state index contributed by atoms with van der Waals surface area (Å²) in [6.07, 6.45) is 9.17. The molecule has 0 radical (unpaired) electrons. The van der Waals surface area contributed by atoms with Crippen molar-refractivity contribution in [1.29, 1.82) is 0 Å². The molecule has 0 spiro atoms. The summed E-state index contributed by atoms with van der Waals surface area (Å²) < 4.78 is 0. The van der Waals surface area contributed by atoms with Crippen LogP contribution in [0.4, 0.5) is 0 Å². The third-order valence-electron chi connectivity index (χ3n) is 2.78. The minimum absolute atomic E-state index is 0.816. The quantitative estimate of drug-likeness (QED) is 0.709. The average molecular weight is 177 g/mol. The van der Waals surface area contributed by atoms with E-state index in [9.17, 15) is 0 Å². The van der Waals surface area contributed by atoms with Gasteiger partial charge in [0.2, 0.25) is 0 Å². The highest BCUT2D eigenvalue weighted by Crippen LogP contribution is 2.07. The fourth-order valence-electron chi connectivity index (χ4n) is 2.03. The second-order valence-electron chi connectivity index (χ2n) is 3.84.